The normalized spacial score (nSPS) is 12.1. The summed E-state index contributed by atoms with van der Waals surface area (Å²) < 4.78 is 4.78. The Morgan fingerprint density at radius 1 is 0.328 bits per heavy atom. The summed E-state index contributed by atoms with van der Waals surface area (Å²) in [5.41, 5.74) is 13.3. The van der Waals surface area contributed by atoms with Gasteiger partial charge in [0.05, 0.1) is 38.8 Å². The Labute approximate surface area is 332 Å². The fraction of sp³-hybridized carbons (Fsp3) is 0. The lowest BCUT2D eigenvalue weighted by Gasteiger charge is -2.17. The van der Waals surface area contributed by atoms with Crippen molar-refractivity contribution in [3.63, 3.8) is 0 Å². The second kappa shape index (κ2) is 11.8. The lowest BCUT2D eigenvalue weighted by molar-refractivity contribution is 1.01. The van der Waals surface area contributed by atoms with Crippen LogP contribution in [0.1, 0.15) is 0 Å². The van der Waals surface area contributed by atoms with Gasteiger partial charge in [0.25, 0.3) is 0 Å². The maximum Gasteiger partial charge on any atom is 0.235 e. The van der Waals surface area contributed by atoms with Crippen LogP contribution in [0.15, 0.2) is 194 Å². The van der Waals surface area contributed by atoms with E-state index in [0.717, 1.165) is 44.1 Å². The molecule has 0 fully saturated rings. The Balaban J connectivity index is 1.19. The molecule has 268 valence electrons. The molecule has 4 nitrogen and oxygen atoms in total. The third-order valence-corrected chi connectivity index (χ3v) is 12.3. The Morgan fingerprint density at radius 3 is 1.67 bits per heavy atom. The Kier molecular flexibility index (Phi) is 6.41. The smallest absolute Gasteiger partial charge is 0.235 e. The van der Waals surface area contributed by atoms with Gasteiger partial charge in [-0.15, -0.1) is 0 Å². The molecule has 4 heterocycles. The predicted molar refractivity (Wildman–Crippen MR) is 242 cm³/mol. The van der Waals surface area contributed by atoms with Gasteiger partial charge in [-0.3, -0.25) is 4.57 Å². The summed E-state index contributed by atoms with van der Waals surface area (Å²) in [7, 11) is 0. The summed E-state index contributed by atoms with van der Waals surface area (Å²) in [4.78, 5) is 11.2. The van der Waals surface area contributed by atoms with Crippen LogP contribution < -0.4 is 0 Å². The minimum absolute atomic E-state index is 0.648. The van der Waals surface area contributed by atoms with Gasteiger partial charge in [-0.25, -0.2) is 9.97 Å². The number of hydrogen-bond donors (Lipinski definition) is 0. The highest BCUT2D eigenvalue weighted by molar-refractivity contribution is 6.31. The molecular weight excluding hydrogens is 705 g/mol. The van der Waals surface area contributed by atoms with Gasteiger partial charge in [0.15, 0.2) is 0 Å². The summed E-state index contributed by atoms with van der Waals surface area (Å²) >= 11 is 0. The SMILES string of the molecule is c1ccc(-c2ccccc2-c2cc3nc(-n4c5cccc6c7cccc8c9ccccc9n(c9cccc4c9c65)c78)nc(-c4ccccc4)c3c3ccccc23)cc1. The van der Waals surface area contributed by atoms with Crippen LogP contribution in [-0.4, -0.2) is 18.9 Å². The number of para-hydroxylation sites is 2. The zero-order valence-corrected chi connectivity index (χ0v) is 31.3. The van der Waals surface area contributed by atoms with Crippen LogP contribution in [-0.2, 0) is 0 Å². The van der Waals surface area contributed by atoms with Crippen molar-refractivity contribution >= 4 is 81.6 Å². The molecule has 58 heavy (non-hydrogen) atoms. The summed E-state index contributed by atoms with van der Waals surface area (Å²) in [6.07, 6.45) is 0. The lowest BCUT2D eigenvalue weighted by atomic mass is 9.89. The van der Waals surface area contributed by atoms with E-state index in [-0.39, 0.29) is 0 Å². The fourth-order valence-electron chi connectivity index (χ4n) is 9.90. The van der Waals surface area contributed by atoms with Crippen LogP contribution in [0.25, 0.3) is 121 Å². The van der Waals surface area contributed by atoms with Gasteiger partial charge in [-0.2, -0.15) is 0 Å². The van der Waals surface area contributed by atoms with E-state index in [1.54, 1.807) is 0 Å². The highest BCUT2D eigenvalue weighted by atomic mass is 15.2. The van der Waals surface area contributed by atoms with Crippen LogP contribution in [0.5, 0.6) is 0 Å². The highest BCUT2D eigenvalue weighted by Gasteiger charge is 2.24. The molecule has 4 heteroatoms. The topological polar surface area (TPSA) is 35.1 Å². The molecule has 0 radical (unpaired) electrons. The van der Waals surface area contributed by atoms with E-state index in [4.69, 9.17) is 9.97 Å². The number of nitrogens with zero attached hydrogens (tertiary/aromatic N) is 4. The maximum atomic E-state index is 5.61. The summed E-state index contributed by atoms with van der Waals surface area (Å²) in [6.45, 7) is 0. The first kappa shape index (κ1) is 31.4. The first-order valence-corrected chi connectivity index (χ1v) is 19.8. The quantitative estimate of drug-likeness (QED) is 0.169. The number of aromatic nitrogens is 4. The molecule has 0 saturated carbocycles. The first-order chi connectivity index (χ1) is 28.8. The first-order valence-electron chi connectivity index (χ1n) is 19.8. The van der Waals surface area contributed by atoms with Crippen LogP contribution >= 0.6 is 0 Å². The Morgan fingerprint density at radius 2 is 0.862 bits per heavy atom. The van der Waals surface area contributed by atoms with Crippen LogP contribution in [0.2, 0.25) is 0 Å². The molecule has 0 amide bonds. The minimum Gasteiger partial charge on any atom is -0.308 e. The van der Waals surface area contributed by atoms with Crippen LogP contribution in [0.3, 0.4) is 0 Å². The van der Waals surface area contributed by atoms with Gasteiger partial charge in [0.2, 0.25) is 5.95 Å². The van der Waals surface area contributed by atoms with Crippen molar-refractivity contribution in [2.24, 2.45) is 0 Å². The molecule has 0 aliphatic heterocycles. The zero-order valence-electron chi connectivity index (χ0n) is 31.3. The molecular formula is C54H32N4. The minimum atomic E-state index is 0.648. The third-order valence-electron chi connectivity index (χ3n) is 12.3. The Bertz CT molecular complexity index is 3780. The summed E-state index contributed by atoms with van der Waals surface area (Å²) in [6, 6.07) is 70.0. The molecule has 0 aliphatic rings. The van der Waals surface area contributed by atoms with Gasteiger partial charge in [0, 0.05) is 37.9 Å². The second-order valence-corrected chi connectivity index (χ2v) is 15.3. The number of benzene rings is 9. The van der Waals surface area contributed by atoms with Crippen LogP contribution in [0, 0.1) is 0 Å². The van der Waals surface area contributed by atoms with E-state index >= 15 is 0 Å². The fourth-order valence-corrected chi connectivity index (χ4v) is 9.90. The molecule has 0 saturated heterocycles. The highest BCUT2D eigenvalue weighted by Crippen LogP contribution is 2.46. The largest absolute Gasteiger partial charge is 0.308 e. The molecule has 0 atom stereocenters. The van der Waals surface area contributed by atoms with Crippen molar-refractivity contribution in [1.29, 1.82) is 0 Å². The van der Waals surface area contributed by atoms with Crippen molar-refractivity contribution in [3.8, 4) is 39.5 Å². The third kappa shape index (κ3) is 4.23. The lowest BCUT2D eigenvalue weighted by Crippen LogP contribution is -2.04. The van der Waals surface area contributed by atoms with Gasteiger partial charge >= 0.3 is 0 Å². The van der Waals surface area contributed by atoms with Crippen molar-refractivity contribution in [1.82, 2.24) is 18.9 Å². The molecule has 13 aromatic rings. The summed E-state index contributed by atoms with van der Waals surface area (Å²) in [5, 5.41) is 10.7. The molecule has 0 N–H and O–H groups in total. The molecule has 0 unspecified atom stereocenters. The van der Waals surface area contributed by atoms with E-state index in [2.05, 4.69) is 203 Å². The number of hydrogen-bond acceptors (Lipinski definition) is 2. The summed E-state index contributed by atoms with van der Waals surface area (Å²) in [5.74, 6) is 0.648. The predicted octanol–water partition coefficient (Wildman–Crippen LogP) is 14.0. The van der Waals surface area contributed by atoms with Crippen LogP contribution in [0.4, 0.5) is 0 Å². The molecule has 9 aromatic carbocycles. The standard InChI is InChI=1S/C54H32N4/c1-3-16-33(17-4-1)35-20-7-8-21-36(35)43-32-44-49(39-24-10-9-22-37(39)43)52(34-18-5-2-6-19-34)56-54(55-44)58-46-29-14-25-40-42-27-13-26-41-38-23-11-12-28-45(38)57(53(41)42)47-30-15-31-48(58)51(47)50(40)46/h1-32H. The molecule has 4 aromatic heterocycles. The molecule has 0 aliphatic carbocycles. The van der Waals surface area contributed by atoms with E-state index in [9.17, 15) is 0 Å². The maximum absolute atomic E-state index is 5.61. The monoisotopic (exact) mass is 736 g/mol. The Hall–Kier alpha value is -7.82. The number of rotatable bonds is 4. The average molecular weight is 737 g/mol. The number of fused-ring (bicyclic) bond motifs is 8. The second-order valence-electron chi connectivity index (χ2n) is 15.3. The average Bonchev–Trinajstić information content (AvgIpc) is 3.78. The molecule has 0 spiro atoms. The molecule has 0 bridgehead atoms. The van der Waals surface area contributed by atoms with E-state index in [1.807, 2.05) is 0 Å². The van der Waals surface area contributed by atoms with Gasteiger partial charge < -0.3 is 4.40 Å². The van der Waals surface area contributed by atoms with Crippen molar-refractivity contribution < 1.29 is 0 Å². The van der Waals surface area contributed by atoms with Gasteiger partial charge in [-0.1, -0.05) is 164 Å². The van der Waals surface area contributed by atoms with E-state index in [0.29, 0.717) is 5.95 Å². The van der Waals surface area contributed by atoms with E-state index in [1.165, 1.54) is 70.9 Å². The van der Waals surface area contributed by atoms with Crippen molar-refractivity contribution in [2.45, 2.75) is 0 Å². The van der Waals surface area contributed by atoms with Crippen molar-refractivity contribution in [2.75, 3.05) is 0 Å². The van der Waals surface area contributed by atoms with E-state index < -0.39 is 0 Å². The van der Waals surface area contributed by atoms with Crippen molar-refractivity contribution in [3.05, 3.63) is 194 Å². The zero-order chi connectivity index (χ0) is 37.9. The van der Waals surface area contributed by atoms with Gasteiger partial charge in [-0.05, 0) is 68.7 Å². The molecule has 13 rings (SSSR count). The van der Waals surface area contributed by atoms with Gasteiger partial charge in [0.1, 0.15) is 0 Å².